The highest BCUT2D eigenvalue weighted by Gasteiger charge is 2.45. The molecular weight excluding hydrogens is 202 g/mol. The molecule has 1 heterocycles. The van der Waals surface area contributed by atoms with Crippen LogP contribution >= 0.6 is 0 Å². The van der Waals surface area contributed by atoms with Crippen molar-refractivity contribution >= 4 is 5.97 Å². The molecule has 0 bridgehead atoms. The lowest BCUT2D eigenvalue weighted by Crippen LogP contribution is -2.37. The summed E-state index contributed by atoms with van der Waals surface area (Å²) in [6.07, 6.45) is 5.44. The van der Waals surface area contributed by atoms with Crippen LogP contribution in [0.2, 0.25) is 0 Å². The largest absolute Gasteiger partial charge is 0.481 e. The van der Waals surface area contributed by atoms with Crippen LogP contribution in [0.5, 0.6) is 0 Å². The van der Waals surface area contributed by atoms with Gasteiger partial charge >= 0.3 is 5.97 Å². The first-order valence-electron chi connectivity index (χ1n) is 6.55. The van der Waals surface area contributed by atoms with Gasteiger partial charge in [-0.15, -0.1) is 0 Å². The molecule has 0 aromatic carbocycles. The van der Waals surface area contributed by atoms with Crippen LogP contribution in [-0.4, -0.2) is 35.1 Å². The quantitative estimate of drug-likeness (QED) is 0.801. The molecule has 0 radical (unpaired) electrons. The summed E-state index contributed by atoms with van der Waals surface area (Å²) in [5.41, 5.74) is -0.453. The minimum atomic E-state index is -0.594. The van der Waals surface area contributed by atoms with E-state index in [4.69, 9.17) is 0 Å². The molecule has 3 heteroatoms. The minimum absolute atomic E-state index is 0.453. The highest BCUT2D eigenvalue weighted by atomic mass is 16.4. The lowest BCUT2D eigenvalue weighted by atomic mass is 9.84. The van der Waals surface area contributed by atoms with Gasteiger partial charge in [-0.05, 0) is 44.6 Å². The molecule has 1 aliphatic heterocycles. The van der Waals surface area contributed by atoms with Crippen molar-refractivity contribution < 1.29 is 9.90 Å². The van der Waals surface area contributed by atoms with E-state index < -0.39 is 11.4 Å². The van der Waals surface area contributed by atoms with Gasteiger partial charge in [0.05, 0.1) is 5.41 Å². The second-order valence-electron chi connectivity index (χ2n) is 5.73. The third kappa shape index (κ3) is 1.97. The number of carboxylic acids is 1. The Labute approximate surface area is 97.8 Å². The summed E-state index contributed by atoms with van der Waals surface area (Å²) in [6.45, 7) is 6.07. The molecule has 0 aromatic rings. The number of hydrogen-bond acceptors (Lipinski definition) is 2. The Morgan fingerprint density at radius 1 is 1.50 bits per heavy atom. The third-order valence-corrected chi connectivity index (χ3v) is 4.70. The van der Waals surface area contributed by atoms with Crippen molar-refractivity contribution in [3.8, 4) is 0 Å². The molecular formula is C13H23NO2. The summed E-state index contributed by atoms with van der Waals surface area (Å²) in [6, 6.07) is 0.655. The van der Waals surface area contributed by atoms with Crippen molar-refractivity contribution in [1.82, 2.24) is 4.90 Å². The molecule has 0 amide bonds. The zero-order valence-electron chi connectivity index (χ0n) is 10.4. The smallest absolute Gasteiger partial charge is 0.310 e. The maximum atomic E-state index is 11.4. The molecule has 16 heavy (non-hydrogen) atoms. The SMILES string of the molecule is CCC1(C(=O)O)CCN(C2CCC(C)C2)C1. The van der Waals surface area contributed by atoms with Crippen LogP contribution in [0.3, 0.4) is 0 Å². The predicted molar refractivity (Wildman–Crippen MR) is 63.4 cm³/mol. The summed E-state index contributed by atoms with van der Waals surface area (Å²) in [4.78, 5) is 13.8. The van der Waals surface area contributed by atoms with Gasteiger partial charge in [0.1, 0.15) is 0 Å². The molecule has 2 aliphatic rings. The molecule has 1 saturated carbocycles. The lowest BCUT2D eigenvalue weighted by Gasteiger charge is -2.27. The van der Waals surface area contributed by atoms with Crippen molar-refractivity contribution in [2.45, 2.75) is 52.0 Å². The zero-order chi connectivity index (χ0) is 11.8. The fraction of sp³-hybridized carbons (Fsp3) is 0.923. The highest BCUT2D eigenvalue weighted by Crippen LogP contribution is 2.39. The van der Waals surface area contributed by atoms with Gasteiger partial charge in [-0.25, -0.2) is 0 Å². The number of aliphatic carboxylic acids is 1. The Hall–Kier alpha value is -0.570. The summed E-state index contributed by atoms with van der Waals surface area (Å²) in [5, 5.41) is 9.35. The monoisotopic (exact) mass is 225 g/mol. The van der Waals surface area contributed by atoms with E-state index in [1.165, 1.54) is 19.3 Å². The number of carboxylic acid groups (broad SMARTS) is 1. The van der Waals surface area contributed by atoms with Gasteiger partial charge in [0, 0.05) is 12.6 Å². The fourth-order valence-corrected chi connectivity index (χ4v) is 3.34. The maximum Gasteiger partial charge on any atom is 0.310 e. The Bertz CT molecular complexity index is 279. The van der Waals surface area contributed by atoms with Crippen molar-refractivity contribution in [1.29, 1.82) is 0 Å². The van der Waals surface area contributed by atoms with Crippen LogP contribution in [0.4, 0.5) is 0 Å². The molecule has 3 unspecified atom stereocenters. The van der Waals surface area contributed by atoms with E-state index >= 15 is 0 Å². The molecule has 3 nitrogen and oxygen atoms in total. The zero-order valence-corrected chi connectivity index (χ0v) is 10.4. The van der Waals surface area contributed by atoms with Crippen LogP contribution in [0.1, 0.15) is 46.0 Å². The molecule has 92 valence electrons. The molecule has 2 fully saturated rings. The molecule has 0 aromatic heterocycles. The van der Waals surface area contributed by atoms with Crippen LogP contribution in [-0.2, 0) is 4.79 Å². The van der Waals surface area contributed by atoms with Gasteiger partial charge in [0.15, 0.2) is 0 Å². The maximum absolute atomic E-state index is 11.4. The molecule has 0 spiro atoms. The normalized spacial score (nSPS) is 40.4. The van der Waals surface area contributed by atoms with Crippen molar-refractivity contribution in [3.63, 3.8) is 0 Å². The second-order valence-corrected chi connectivity index (χ2v) is 5.73. The molecule has 1 saturated heterocycles. The Morgan fingerprint density at radius 2 is 2.25 bits per heavy atom. The first kappa shape index (κ1) is 11.9. The van der Waals surface area contributed by atoms with E-state index in [0.717, 1.165) is 31.8 Å². The van der Waals surface area contributed by atoms with E-state index in [9.17, 15) is 9.90 Å². The second kappa shape index (κ2) is 4.36. The van der Waals surface area contributed by atoms with Gasteiger partial charge in [-0.3, -0.25) is 9.69 Å². The number of carbonyl (C=O) groups is 1. The first-order chi connectivity index (χ1) is 7.57. The standard InChI is InChI=1S/C13H23NO2/c1-3-13(12(15)16)6-7-14(9-13)11-5-4-10(2)8-11/h10-11H,3-9H2,1-2H3,(H,15,16). The van der Waals surface area contributed by atoms with Gasteiger partial charge in [-0.1, -0.05) is 13.8 Å². The molecule has 2 rings (SSSR count). The fourth-order valence-electron chi connectivity index (χ4n) is 3.34. The first-order valence-corrected chi connectivity index (χ1v) is 6.55. The summed E-state index contributed by atoms with van der Waals surface area (Å²) in [5.74, 6) is 0.231. The number of hydrogen-bond donors (Lipinski definition) is 1. The molecule has 1 aliphatic carbocycles. The summed E-state index contributed by atoms with van der Waals surface area (Å²) in [7, 11) is 0. The van der Waals surface area contributed by atoms with E-state index in [1.807, 2.05) is 6.92 Å². The number of likely N-dealkylation sites (tertiary alicyclic amines) is 1. The van der Waals surface area contributed by atoms with E-state index in [0.29, 0.717) is 6.04 Å². The average Bonchev–Trinajstić information content (AvgIpc) is 2.84. The highest BCUT2D eigenvalue weighted by molar-refractivity contribution is 5.75. The lowest BCUT2D eigenvalue weighted by molar-refractivity contribution is -0.148. The van der Waals surface area contributed by atoms with Gasteiger partial charge in [0.25, 0.3) is 0 Å². The van der Waals surface area contributed by atoms with E-state index in [1.54, 1.807) is 0 Å². The number of nitrogens with zero attached hydrogens (tertiary/aromatic N) is 1. The third-order valence-electron chi connectivity index (χ3n) is 4.70. The van der Waals surface area contributed by atoms with Gasteiger partial charge in [-0.2, -0.15) is 0 Å². The minimum Gasteiger partial charge on any atom is -0.481 e. The Morgan fingerprint density at radius 3 is 2.69 bits per heavy atom. The molecule has 1 N–H and O–H groups in total. The topological polar surface area (TPSA) is 40.5 Å². The van der Waals surface area contributed by atoms with Crippen LogP contribution < -0.4 is 0 Å². The van der Waals surface area contributed by atoms with Crippen molar-refractivity contribution in [2.75, 3.05) is 13.1 Å². The van der Waals surface area contributed by atoms with Gasteiger partial charge in [0.2, 0.25) is 0 Å². The molecule has 3 atom stereocenters. The number of rotatable bonds is 3. The summed E-state index contributed by atoms with van der Waals surface area (Å²) < 4.78 is 0. The van der Waals surface area contributed by atoms with E-state index in [2.05, 4.69) is 11.8 Å². The summed E-state index contributed by atoms with van der Waals surface area (Å²) >= 11 is 0. The predicted octanol–water partition coefficient (Wildman–Crippen LogP) is 2.36. The van der Waals surface area contributed by atoms with Crippen LogP contribution in [0, 0.1) is 11.3 Å². The average molecular weight is 225 g/mol. The Kier molecular flexibility index (Phi) is 3.24. The van der Waals surface area contributed by atoms with Crippen LogP contribution in [0.25, 0.3) is 0 Å². The Balaban J connectivity index is 1.99. The van der Waals surface area contributed by atoms with Crippen molar-refractivity contribution in [3.05, 3.63) is 0 Å². The van der Waals surface area contributed by atoms with E-state index in [-0.39, 0.29) is 0 Å². The van der Waals surface area contributed by atoms with Gasteiger partial charge < -0.3 is 5.11 Å². The van der Waals surface area contributed by atoms with Crippen molar-refractivity contribution in [2.24, 2.45) is 11.3 Å². The van der Waals surface area contributed by atoms with Crippen LogP contribution in [0.15, 0.2) is 0 Å².